The van der Waals surface area contributed by atoms with Gasteiger partial charge in [-0.25, -0.2) is 0 Å². The van der Waals surface area contributed by atoms with E-state index in [0.717, 1.165) is 0 Å². The van der Waals surface area contributed by atoms with Crippen molar-refractivity contribution in [1.29, 1.82) is 0 Å². The predicted molar refractivity (Wildman–Crippen MR) is 76.5 cm³/mol. The lowest BCUT2D eigenvalue weighted by molar-refractivity contribution is 0.696. The summed E-state index contributed by atoms with van der Waals surface area (Å²) in [5, 5.41) is 4.81. The lowest BCUT2D eigenvalue weighted by Crippen LogP contribution is -2.01. The van der Waals surface area contributed by atoms with Gasteiger partial charge in [0.25, 0.3) is 0 Å². The molecule has 0 radical (unpaired) electrons. The normalized spacial score (nSPS) is 18.6. The quantitative estimate of drug-likeness (QED) is 0.817. The Morgan fingerprint density at radius 2 is 2.06 bits per heavy atom. The molecule has 0 saturated heterocycles. The molecule has 0 spiro atoms. The number of nitrogens with one attached hydrogen (secondary N) is 1. The van der Waals surface area contributed by atoms with Crippen molar-refractivity contribution in [3.05, 3.63) is 34.9 Å². The van der Waals surface area contributed by atoms with Crippen LogP contribution >= 0.6 is 11.3 Å². The molecule has 0 aliphatic heterocycles. The number of hydrogen-bond donors (Lipinski definition) is 1. The molecule has 0 aromatic carbocycles. The van der Waals surface area contributed by atoms with E-state index in [4.69, 9.17) is 0 Å². The summed E-state index contributed by atoms with van der Waals surface area (Å²) >= 11 is 1.92. The van der Waals surface area contributed by atoms with Gasteiger partial charge in [0.05, 0.1) is 0 Å². The Morgan fingerprint density at radius 3 is 2.76 bits per heavy atom. The van der Waals surface area contributed by atoms with Crippen LogP contribution in [0.4, 0.5) is 5.00 Å². The molecule has 1 aromatic rings. The number of fused-ring (bicyclic) bond motifs is 1. The van der Waals surface area contributed by atoms with Crippen LogP contribution in [0.3, 0.4) is 0 Å². The van der Waals surface area contributed by atoms with Gasteiger partial charge in [0.1, 0.15) is 5.00 Å². The van der Waals surface area contributed by atoms with Crippen molar-refractivity contribution in [3.8, 4) is 0 Å². The fraction of sp³-hybridized carbons (Fsp3) is 0.467. The van der Waals surface area contributed by atoms with Crippen LogP contribution < -0.4 is 5.32 Å². The first-order chi connectivity index (χ1) is 8.29. The number of anilines is 1. The maximum absolute atomic E-state index is 4.15. The van der Waals surface area contributed by atoms with E-state index in [1.807, 2.05) is 17.4 Å². The SMILES string of the molecule is C=Cc1c(NC(=C)C2CC2)sc2c1CCCC2. The van der Waals surface area contributed by atoms with Crippen molar-refractivity contribution >= 4 is 22.4 Å². The zero-order valence-corrected chi connectivity index (χ0v) is 11.0. The van der Waals surface area contributed by atoms with Crippen LogP contribution in [-0.4, -0.2) is 0 Å². The minimum atomic E-state index is 0.715. The van der Waals surface area contributed by atoms with Crippen molar-refractivity contribution < 1.29 is 0 Å². The molecule has 1 heterocycles. The van der Waals surface area contributed by atoms with Crippen LogP contribution in [-0.2, 0) is 12.8 Å². The number of hydrogen-bond acceptors (Lipinski definition) is 2. The van der Waals surface area contributed by atoms with Crippen molar-refractivity contribution in [2.24, 2.45) is 5.92 Å². The molecule has 1 nitrogen and oxygen atoms in total. The van der Waals surface area contributed by atoms with Gasteiger partial charge in [0.2, 0.25) is 0 Å². The van der Waals surface area contributed by atoms with Crippen LogP contribution in [0.5, 0.6) is 0 Å². The van der Waals surface area contributed by atoms with Crippen LogP contribution in [0.25, 0.3) is 6.08 Å². The molecule has 0 bridgehead atoms. The summed E-state index contributed by atoms with van der Waals surface area (Å²) in [6.45, 7) is 8.13. The second kappa shape index (κ2) is 4.34. The zero-order valence-electron chi connectivity index (χ0n) is 10.2. The smallest absolute Gasteiger partial charge is 0.100 e. The van der Waals surface area contributed by atoms with Gasteiger partial charge in [-0.3, -0.25) is 0 Å². The summed E-state index contributed by atoms with van der Waals surface area (Å²) in [6.07, 6.45) is 9.77. The van der Waals surface area contributed by atoms with E-state index in [-0.39, 0.29) is 0 Å². The highest BCUT2D eigenvalue weighted by Crippen LogP contribution is 2.42. The van der Waals surface area contributed by atoms with E-state index >= 15 is 0 Å². The molecule has 2 aliphatic rings. The molecular weight excluding hydrogens is 226 g/mol. The molecule has 0 amide bonds. The third kappa shape index (κ3) is 2.06. The topological polar surface area (TPSA) is 12.0 Å². The third-order valence-corrected chi connectivity index (χ3v) is 4.98. The van der Waals surface area contributed by atoms with Crippen LogP contribution in [0.2, 0.25) is 0 Å². The first kappa shape index (κ1) is 11.1. The molecule has 2 aliphatic carbocycles. The van der Waals surface area contributed by atoms with Crippen molar-refractivity contribution in [3.63, 3.8) is 0 Å². The lowest BCUT2D eigenvalue weighted by Gasteiger charge is -2.11. The fourth-order valence-electron chi connectivity index (χ4n) is 2.58. The van der Waals surface area contributed by atoms with E-state index in [0.29, 0.717) is 5.92 Å². The summed E-state index contributed by atoms with van der Waals surface area (Å²) in [6, 6.07) is 0. The number of thiophene rings is 1. The molecule has 1 aromatic heterocycles. The highest BCUT2D eigenvalue weighted by Gasteiger charge is 2.26. The van der Waals surface area contributed by atoms with Gasteiger partial charge in [0, 0.05) is 16.1 Å². The Labute approximate surface area is 107 Å². The summed E-state index contributed by atoms with van der Waals surface area (Å²) in [5.74, 6) is 0.715. The fourth-order valence-corrected chi connectivity index (χ4v) is 3.91. The van der Waals surface area contributed by atoms with Crippen LogP contribution in [0, 0.1) is 5.92 Å². The van der Waals surface area contributed by atoms with Gasteiger partial charge in [0.15, 0.2) is 0 Å². The molecule has 0 atom stereocenters. The summed E-state index contributed by atoms with van der Waals surface area (Å²) in [5.41, 5.74) is 4.08. The highest BCUT2D eigenvalue weighted by atomic mass is 32.1. The Balaban J connectivity index is 1.89. The molecule has 0 unspecified atom stereocenters. The molecule has 1 N–H and O–H groups in total. The van der Waals surface area contributed by atoms with Crippen molar-refractivity contribution in [1.82, 2.24) is 0 Å². The van der Waals surface area contributed by atoms with Crippen LogP contribution in [0.1, 0.15) is 41.7 Å². The Bertz CT molecular complexity index is 466. The first-order valence-corrected chi connectivity index (χ1v) is 7.34. The predicted octanol–water partition coefficient (Wildman–Crippen LogP) is 4.61. The van der Waals surface area contributed by atoms with Gasteiger partial charge >= 0.3 is 0 Å². The molecule has 1 fully saturated rings. The van der Waals surface area contributed by atoms with Crippen molar-refractivity contribution in [2.45, 2.75) is 38.5 Å². The minimum absolute atomic E-state index is 0.715. The van der Waals surface area contributed by atoms with Gasteiger partial charge in [-0.05, 0) is 50.0 Å². The largest absolute Gasteiger partial charge is 0.350 e. The lowest BCUT2D eigenvalue weighted by atomic mass is 9.95. The Hall–Kier alpha value is -1.02. The average molecular weight is 245 g/mol. The second-order valence-electron chi connectivity index (χ2n) is 5.08. The molecular formula is C15H19NS. The average Bonchev–Trinajstić information content (AvgIpc) is 3.11. The van der Waals surface area contributed by atoms with Crippen molar-refractivity contribution in [2.75, 3.05) is 5.32 Å². The van der Waals surface area contributed by atoms with Gasteiger partial charge in [-0.15, -0.1) is 11.3 Å². The minimum Gasteiger partial charge on any atom is -0.350 e. The zero-order chi connectivity index (χ0) is 11.8. The van der Waals surface area contributed by atoms with Gasteiger partial charge in [-0.1, -0.05) is 19.2 Å². The summed E-state index contributed by atoms with van der Waals surface area (Å²) < 4.78 is 0. The van der Waals surface area contributed by atoms with E-state index in [9.17, 15) is 0 Å². The number of aryl methyl sites for hydroxylation is 1. The van der Waals surface area contributed by atoms with Gasteiger partial charge in [-0.2, -0.15) is 0 Å². The molecule has 17 heavy (non-hydrogen) atoms. The summed E-state index contributed by atoms with van der Waals surface area (Å²) in [4.78, 5) is 1.57. The van der Waals surface area contributed by atoms with E-state index in [1.165, 1.54) is 54.8 Å². The first-order valence-electron chi connectivity index (χ1n) is 6.52. The summed E-state index contributed by atoms with van der Waals surface area (Å²) in [7, 11) is 0. The van der Waals surface area contributed by atoms with E-state index in [1.54, 1.807) is 10.4 Å². The van der Waals surface area contributed by atoms with Crippen LogP contribution in [0.15, 0.2) is 18.9 Å². The van der Waals surface area contributed by atoms with E-state index in [2.05, 4.69) is 18.5 Å². The second-order valence-corrected chi connectivity index (χ2v) is 6.19. The Kier molecular flexibility index (Phi) is 2.83. The molecule has 1 saturated carbocycles. The monoisotopic (exact) mass is 245 g/mol. The standard InChI is InChI=1S/C15H19NS/c1-3-12-13-6-4-5-7-14(13)17-15(12)16-10(2)11-8-9-11/h3,11,16H,1-2,4-9H2. The Morgan fingerprint density at radius 1 is 1.29 bits per heavy atom. The highest BCUT2D eigenvalue weighted by molar-refractivity contribution is 7.16. The molecule has 90 valence electrons. The molecule has 2 heteroatoms. The van der Waals surface area contributed by atoms with E-state index < -0.39 is 0 Å². The number of rotatable bonds is 4. The third-order valence-electron chi connectivity index (χ3n) is 3.76. The van der Waals surface area contributed by atoms with Gasteiger partial charge < -0.3 is 5.32 Å². The number of allylic oxidation sites excluding steroid dienone is 1. The maximum Gasteiger partial charge on any atom is 0.100 e. The molecule has 3 rings (SSSR count). The maximum atomic E-state index is 4.15.